The van der Waals surface area contributed by atoms with E-state index in [2.05, 4.69) is 28.5 Å². The maximum Gasteiger partial charge on any atom is 0.256 e. The average Bonchev–Trinajstić information content (AvgIpc) is 2.67. The Morgan fingerprint density at radius 1 is 1.08 bits per heavy atom. The zero-order valence-electron chi connectivity index (χ0n) is 13.7. The van der Waals surface area contributed by atoms with Gasteiger partial charge in [0.15, 0.2) is 0 Å². The van der Waals surface area contributed by atoms with Crippen molar-refractivity contribution in [3.63, 3.8) is 0 Å². The van der Waals surface area contributed by atoms with Gasteiger partial charge >= 0.3 is 0 Å². The first-order valence-electron chi connectivity index (χ1n) is 7.79. The second-order valence-electron chi connectivity index (χ2n) is 5.46. The third kappa shape index (κ3) is 4.17. The number of benzene rings is 2. The molecule has 0 fully saturated rings. The number of pyridine rings is 1. The van der Waals surface area contributed by atoms with Gasteiger partial charge in [0, 0.05) is 18.8 Å². The van der Waals surface area contributed by atoms with Crippen LogP contribution in [0.5, 0.6) is 5.75 Å². The molecule has 3 aromatic rings. The second-order valence-corrected chi connectivity index (χ2v) is 5.84. The molecule has 1 aromatic heterocycles. The predicted molar refractivity (Wildman–Crippen MR) is 98.8 cm³/mol. The number of nitrogens with one attached hydrogen (secondary N) is 1. The third-order valence-electron chi connectivity index (χ3n) is 3.78. The van der Waals surface area contributed by atoms with Crippen molar-refractivity contribution in [1.82, 2.24) is 10.3 Å². The zero-order chi connectivity index (χ0) is 17.6. The minimum absolute atomic E-state index is 0.258. The van der Waals surface area contributed by atoms with Crippen LogP contribution in [0.1, 0.15) is 15.9 Å². The highest BCUT2D eigenvalue weighted by Gasteiger charge is 2.13. The van der Waals surface area contributed by atoms with Gasteiger partial charge in [-0.15, -0.1) is 0 Å². The van der Waals surface area contributed by atoms with Crippen molar-refractivity contribution in [3.05, 3.63) is 83.1 Å². The Balaban J connectivity index is 1.73. The van der Waals surface area contributed by atoms with Crippen molar-refractivity contribution in [2.45, 2.75) is 6.54 Å². The lowest BCUT2D eigenvalue weighted by atomic mass is 10.0. The maximum absolute atomic E-state index is 12.4. The number of halogens is 1. The molecule has 2 aromatic carbocycles. The fourth-order valence-electron chi connectivity index (χ4n) is 2.52. The van der Waals surface area contributed by atoms with E-state index < -0.39 is 0 Å². The zero-order valence-corrected chi connectivity index (χ0v) is 14.5. The summed E-state index contributed by atoms with van der Waals surface area (Å²) in [6.07, 6.45) is 1.41. The van der Waals surface area contributed by atoms with Crippen molar-refractivity contribution in [3.8, 4) is 16.9 Å². The summed E-state index contributed by atoms with van der Waals surface area (Å²) in [5.41, 5.74) is 3.61. The number of carbonyl (C=O) groups is 1. The number of carbonyl (C=O) groups excluding carboxylic acids is 1. The van der Waals surface area contributed by atoms with Crippen LogP contribution >= 0.6 is 11.6 Å². The number of methoxy groups -OCH3 is 1. The van der Waals surface area contributed by atoms with Crippen LogP contribution in [0.3, 0.4) is 0 Å². The van der Waals surface area contributed by atoms with Crippen LogP contribution in [-0.4, -0.2) is 18.0 Å². The summed E-state index contributed by atoms with van der Waals surface area (Å²) < 4.78 is 5.19. The van der Waals surface area contributed by atoms with Gasteiger partial charge in [-0.25, -0.2) is 4.98 Å². The van der Waals surface area contributed by atoms with Crippen molar-refractivity contribution in [1.29, 1.82) is 0 Å². The Morgan fingerprint density at radius 3 is 2.60 bits per heavy atom. The van der Waals surface area contributed by atoms with Crippen molar-refractivity contribution >= 4 is 17.5 Å². The van der Waals surface area contributed by atoms with Crippen LogP contribution in [0.15, 0.2) is 66.9 Å². The summed E-state index contributed by atoms with van der Waals surface area (Å²) in [6, 6.07) is 19.7. The summed E-state index contributed by atoms with van der Waals surface area (Å²) >= 11 is 5.83. The number of ether oxygens (including phenoxy) is 1. The fourth-order valence-corrected chi connectivity index (χ4v) is 2.67. The van der Waals surface area contributed by atoms with Crippen LogP contribution in [0.2, 0.25) is 5.15 Å². The molecule has 25 heavy (non-hydrogen) atoms. The van der Waals surface area contributed by atoms with E-state index in [-0.39, 0.29) is 11.1 Å². The van der Waals surface area contributed by atoms with Crippen LogP contribution < -0.4 is 10.1 Å². The molecule has 0 aliphatic heterocycles. The molecule has 0 aliphatic rings. The lowest BCUT2D eigenvalue weighted by Gasteiger charge is -2.10. The molecule has 1 N–H and O–H groups in total. The first kappa shape index (κ1) is 17.0. The molecule has 4 nitrogen and oxygen atoms in total. The molecular formula is C20H17ClN2O2. The van der Waals surface area contributed by atoms with Crippen LogP contribution in [0.25, 0.3) is 11.1 Å². The number of rotatable bonds is 5. The summed E-state index contributed by atoms with van der Waals surface area (Å²) in [6.45, 7) is 0.408. The quantitative estimate of drug-likeness (QED) is 0.695. The van der Waals surface area contributed by atoms with E-state index in [9.17, 15) is 4.79 Å². The molecule has 0 saturated carbocycles. The lowest BCUT2D eigenvalue weighted by Crippen LogP contribution is -2.23. The molecule has 0 atom stereocenters. The highest BCUT2D eigenvalue weighted by molar-refractivity contribution is 6.29. The molecular weight excluding hydrogens is 336 g/mol. The summed E-state index contributed by atoms with van der Waals surface area (Å²) in [5.74, 6) is 0.140. The molecule has 0 saturated heterocycles. The highest BCUT2D eigenvalue weighted by Crippen LogP contribution is 2.22. The Kier molecular flexibility index (Phi) is 5.31. The van der Waals surface area contributed by atoms with E-state index >= 15 is 0 Å². The van der Waals surface area contributed by atoms with Gasteiger partial charge in [-0.2, -0.15) is 0 Å². The average molecular weight is 353 g/mol. The van der Waals surface area contributed by atoms with Crippen LogP contribution in [0, 0.1) is 0 Å². The molecule has 1 amide bonds. The first-order chi connectivity index (χ1) is 12.2. The fraction of sp³-hybridized carbons (Fsp3) is 0.100. The largest absolute Gasteiger partial charge is 0.496 e. The summed E-state index contributed by atoms with van der Waals surface area (Å²) in [5, 5.41) is 3.17. The van der Waals surface area contributed by atoms with Crippen LogP contribution in [-0.2, 0) is 6.54 Å². The van der Waals surface area contributed by atoms with Crippen molar-refractivity contribution < 1.29 is 9.53 Å². The van der Waals surface area contributed by atoms with Crippen LogP contribution in [0.4, 0.5) is 0 Å². The SMILES string of the molecule is COc1cc(Cl)ncc1C(=O)NCc1cccc(-c2ccccc2)c1. The van der Waals surface area contributed by atoms with E-state index in [1.54, 1.807) is 0 Å². The molecule has 0 aliphatic carbocycles. The number of hydrogen-bond donors (Lipinski definition) is 1. The standard InChI is InChI=1S/C20H17ClN2O2/c1-25-18-11-19(21)22-13-17(18)20(24)23-12-14-6-5-9-16(10-14)15-7-3-2-4-8-15/h2-11,13H,12H2,1H3,(H,23,24). The first-order valence-corrected chi connectivity index (χ1v) is 8.17. The summed E-state index contributed by atoms with van der Waals surface area (Å²) in [7, 11) is 1.49. The minimum Gasteiger partial charge on any atom is -0.496 e. The second kappa shape index (κ2) is 7.81. The smallest absolute Gasteiger partial charge is 0.256 e. The Bertz CT molecular complexity index is 882. The van der Waals surface area contributed by atoms with E-state index in [4.69, 9.17) is 16.3 Å². The number of nitrogens with zero attached hydrogens (tertiary/aromatic N) is 1. The monoisotopic (exact) mass is 352 g/mol. The Labute approximate surface area is 151 Å². The summed E-state index contributed by atoms with van der Waals surface area (Å²) in [4.78, 5) is 16.3. The van der Waals surface area contributed by atoms with E-state index in [1.807, 2.05) is 36.4 Å². The van der Waals surface area contributed by atoms with Gasteiger partial charge in [-0.3, -0.25) is 4.79 Å². The predicted octanol–water partition coefficient (Wildman–Crippen LogP) is 4.34. The highest BCUT2D eigenvalue weighted by atomic mass is 35.5. The number of aromatic nitrogens is 1. The molecule has 0 bridgehead atoms. The molecule has 0 unspecified atom stereocenters. The number of amides is 1. The van der Waals surface area contributed by atoms with Gasteiger partial charge in [-0.05, 0) is 22.8 Å². The molecule has 126 valence electrons. The molecule has 5 heteroatoms. The van der Waals surface area contributed by atoms with Gasteiger partial charge < -0.3 is 10.1 Å². The van der Waals surface area contributed by atoms with Gasteiger partial charge in [0.2, 0.25) is 0 Å². The van der Waals surface area contributed by atoms with Gasteiger partial charge in [0.25, 0.3) is 5.91 Å². The maximum atomic E-state index is 12.4. The lowest BCUT2D eigenvalue weighted by molar-refractivity contribution is 0.0947. The molecule has 3 rings (SSSR count). The molecule has 0 radical (unpaired) electrons. The topological polar surface area (TPSA) is 51.2 Å². The normalized spacial score (nSPS) is 10.3. The third-order valence-corrected chi connectivity index (χ3v) is 3.99. The van der Waals surface area contributed by atoms with Gasteiger partial charge in [0.05, 0.1) is 12.7 Å². The van der Waals surface area contributed by atoms with Gasteiger partial charge in [-0.1, -0.05) is 60.1 Å². The van der Waals surface area contributed by atoms with E-state index in [0.29, 0.717) is 17.9 Å². The van der Waals surface area contributed by atoms with E-state index in [1.165, 1.54) is 19.4 Å². The van der Waals surface area contributed by atoms with Gasteiger partial charge in [0.1, 0.15) is 10.9 Å². The Hall–Kier alpha value is -2.85. The molecule has 1 heterocycles. The Morgan fingerprint density at radius 2 is 1.84 bits per heavy atom. The van der Waals surface area contributed by atoms with E-state index in [0.717, 1.165) is 16.7 Å². The molecule has 0 spiro atoms. The number of hydrogen-bond acceptors (Lipinski definition) is 3. The van der Waals surface area contributed by atoms with Crippen molar-refractivity contribution in [2.24, 2.45) is 0 Å². The van der Waals surface area contributed by atoms with Crippen molar-refractivity contribution in [2.75, 3.05) is 7.11 Å². The minimum atomic E-state index is -0.258.